The Hall–Kier alpha value is -6.18. The molecule has 0 aromatic heterocycles. The Labute approximate surface area is 325 Å². The van der Waals surface area contributed by atoms with Gasteiger partial charge in [-0.1, -0.05) is 153 Å². The van der Waals surface area contributed by atoms with Crippen molar-refractivity contribution in [1.29, 1.82) is 0 Å². The van der Waals surface area contributed by atoms with Gasteiger partial charge in [0.2, 0.25) is 0 Å². The molecular weight excluding hydrogens is 663 g/mol. The Balaban J connectivity index is 1.03. The molecule has 0 amide bonds. The van der Waals surface area contributed by atoms with Crippen LogP contribution >= 0.6 is 0 Å². The van der Waals surface area contributed by atoms with Gasteiger partial charge in [0.1, 0.15) is 0 Å². The summed E-state index contributed by atoms with van der Waals surface area (Å²) in [5, 5.41) is 0. The van der Waals surface area contributed by atoms with Crippen LogP contribution in [0.4, 0.5) is 17.1 Å². The molecule has 11 rings (SSSR count). The number of nitrogens with zero attached hydrogens (tertiary/aromatic N) is 1. The van der Waals surface area contributed by atoms with Gasteiger partial charge in [0.05, 0.1) is 5.69 Å². The Morgan fingerprint density at radius 3 is 1.80 bits per heavy atom. The van der Waals surface area contributed by atoms with Crippen molar-refractivity contribution in [3.8, 4) is 33.4 Å². The maximum Gasteiger partial charge on any atom is 0.0536 e. The minimum atomic E-state index is -0.0844. The second-order valence-electron chi connectivity index (χ2n) is 16.5. The van der Waals surface area contributed by atoms with Gasteiger partial charge in [0.15, 0.2) is 0 Å². The largest absolute Gasteiger partial charge is 0.310 e. The van der Waals surface area contributed by atoms with Crippen LogP contribution in [0.3, 0.4) is 0 Å². The summed E-state index contributed by atoms with van der Waals surface area (Å²) in [5.41, 5.74) is 22.8. The average Bonchev–Trinajstić information content (AvgIpc) is 3.84. The third-order valence-corrected chi connectivity index (χ3v) is 13.2. The Morgan fingerprint density at radius 1 is 0.473 bits per heavy atom. The smallest absolute Gasteiger partial charge is 0.0536 e. The molecule has 1 heteroatoms. The summed E-state index contributed by atoms with van der Waals surface area (Å²) in [6, 6.07) is 59.8. The van der Waals surface area contributed by atoms with Crippen molar-refractivity contribution in [3.05, 3.63) is 215 Å². The maximum absolute atomic E-state index is 2.51. The summed E-state index contributed by atoms with van der Waals surface area (Å²) in [6.07, 6.45) is 11.0. The molecule has 4 aliphatic carbocycles. The number of anilines is 3. The summed E-state index contributed by atoms with van der Waals surface area (Å²) in [6.45, 7) is 4.74. The first-order chi connectivity index (χ1) is 27.0. The first-order valence-electron chi connectivity index (χ1n) is 19.9. The standard InChI is InChI=1S/C54H43N/c1-53(2)48-21-11-8-19-44(48)46-31-29-42(33-50(46)53)55(52-23-13-10-18-43(52)37-14-4-3-5-15-37)41-27-24-36(25-28-41)38-26-30-47-45-20-9-12-22-49(45)54(51(47)32-38)34-39-16-6-7-17-40(39)35-54/h3-4,6-14,16-33H,5,15,34-35H2,1-2H3. The molecule has 0 unspecified atom stereocenters. The van der Waals surface area contributed by atoms with Crippen LogP contribution in [0.5, 0.6) is 0 Å². The van der Waals surface area contributed by atoms with Gasteiger partial charge in [-0.15, -0.1) is 0 Å². The quantitative estimate of drug-likeness (QED) is 0.172. The van der Waals surface area contributed by atoms with E-state index in [1.165, 1.54) is 89.3 Å². The van der Waals surface area contributed by atoms with Gasteiger partial charge in [-0.05, 0) is 134 Å². The molecule has 1 spiro atoms. The van der Waals surface area contributed by atoms with Crippen molar-refractivity contribution < 1.29 is 0 Å². The summed E-state index contributed by atoms with van der Waals surface area (Å²) in [7, 11) is 0. The third-order valence-electron chi connectivity index (χ3n) is 13.2. The zero-order valence-electron chi connectivity index (χ0n) is 31.5. The summed E-state index contributed by atoms with van der Waals surface area (Å²) >= 11 is 0. The van der Waals surface area contributed by atoms with Crippen molar-refractivity contribution in [3.63, 3.8) is 0 Å². The van der Waals surface area contributed by atoms with Gasteiger partial charge in [-0.3, -0.25) is 0 Å². The van der Waals surface area contributed by atoms with Crippen molar-refractivity contribution in [1.82, 2.24) is 0 Å². The van der Waals surface area contributed by atoms with E-state index in [0.717, 1.165) is 31.4 Å². The molecule has 0 saturated carbocycles. The van der Waals surface area contributed by atoms with Gasteiger partial charge >= 0.3 is 0 Å². The number of fused-ring (bicyclic) bond motifs is 9. The first kappa shape index (κ1) is 32.3. The fourth-order valence-corrected chi connectivity index (χ4v) is 10.5. The fraction of sp³-hybridized carbons (Fsp3) is 0.148. The van der Waals surface area contributed by atoms with Crippen molar-refractivity contribution in [2.75, 3.05) is 4.90 Å². The van der Waals surface area contributed by atoms with Crippen LogP contribution in [0, 0.1) is 0 Å². The van der Waals surface area contributed by atoms with Crippen LogP contribution in [0.25, 0.3) is 39.0 Å². The van der Waals surface area contributed by atoms with E-state index in [9.17, 15) is 0 Å². The second kappa shape index (κ2) is 12.2. The molecule has 4 aliphatic rings. The molecule has 0 fully saturated rings. The molecule has 1 nitrogen and oxygen atoms in total. The molecule has 0 saturated heterocycles. The summed E-state index contributed by atoms with van der Waals surface area (Å²) < 4.78 is 0. The average molecular weight is 706 g/mol. The minimum Gasteiger partial charge on any atom is -0.310 e. The van der Waals surface area contributed by atoms with E-state index in [1.807, 2.05) is 0 Å². The molecular formula is C54H43N. The van der Waals surface area contributed by atoms with Crippen LogP contribution in [0.2, 0.25) is 0 Å². The summed E-state index contributed by atoms with van der Waals surface area (Å²) in [5.74, 6) is 0. The highest BCUT2D eigenvalue weighted by atomic mass is 15.1. The highest BCUT2D eigenvalue weighted by Crippen LogP contribution is 2.56. The number of benzene rings is 7. The van der Waals surface area contributed by atoms with Crippen LogP contribution in [-0.4, -0.2) is 0 Å². The summed E-state index contributed by atoms with van der Waals surface area (Å²) in [4.78, 5) is 2.49. The predicted octanol–water partition coefficient (Wildman–Crippen LogP) is 13.9. The highest BCUT2D eigenvalue weighted by Gasteiger charge is 2.47. The van der Waals surface area contributed by atoms with Crippen molar-refractivity contribution in [2.24, 2.45) is 0 Å². The molecule has 0 radical (unpaired) electrons. The Kier molecular flexibility index (Phi) is 7.14. The van der Waals surface area contributed by atoms with E-state index >= 15 is 0 Å². The van der Waals surface area contributed by atoms with Crippen LogP contribution in [-0.2, 0) is 23.7 Å². The second-order valence-corrected chi connectivity index (χ2v) is 16.5. The number of allylic oxidation sites excluding steroid dienone is 4. The molecule has 0 heterocycles. The molecule has 0 bridgehead atoms. The minimum absolute atomic E-state index is 0.0178. The third kappa shape index (κ3) is 4.85. The van der Waals surface area contributed by atoms with Gasteiger partial charge in [-0.2, -0.15) is 0 Å². The van der Waals surface area contributed by atoms with E-state index in [-0.39, 0.29) is 10.8 Å². The predicted molar refractivity (Wildman–Crippen MR) is 231 cm³/mol. The molecule has 0 atom stereocenters. The van der Waals surface area contributed by atoms with Gasteiger partial charge < -0.3 is 4.90 Å². The van der Waals surface area contributed by atoms with Gasteiger partial charge in [-0.25, -0.2) is 0 Å². The lowest BCUT2D eigenvalue weighted by Gasteiger charge is -2.30. The zero-order valence-corrected chi connectivity index (χ0v) is 31.5. The molecule has 264 valence electrons. The maximum atomic E-state index is 2.51. The fourth-order valence-electron chi connectivity index (χ4n) is 10.5. The van der Waals surface area contributed by atoms with Crippen molar-refractivity contribution in [2.45, 2.75) is 50.4 Å². The van der Waals surface area contributed by atoms with Gasteiger partial charge in [0, 0.05) is 27.8 Å². The topological polar surface area (TPSA) is 3.24 Å². The number of para-hydroxylation sites is 1. The molecule has 7 aromatic carbocycles. The first-order valence-corrected chi connectivity index (χ1v) is 19.9. The lowest BCUT2D eigenvalue weighted by atomic mass is 9.75. The van der Waals surface area contributed by atoms with E-state index in [1.54, 1.807) is 0 Å². The molecule has 7 aromatic rings. The number of hydrogen-bond donors (Lipinski definition) is 0. The highest BCUT2D eigenvalue weighted by molar-refractivity contribution is 5.90. The number of rotatable bonds is 5. The van der Waals surface area contributed by atoms with E-state index in [4.69, 9.17) is 0 Å². The molecule has 0 aliphatic heterocycles. The number of hydrogen-bond acceptors (Lipinski definition) is 1. The van der Waals surface area contributed by atoms with Crippen molar-refractivity contribution >= 4 is 22.6 Å². The Bertz CT molecular complexity index is 2710. The molecule has 55 heavy (non-hydrogen) atoms. The lowest BCUT2D eigenvalue weighted by Crippen LogP contribution is -2.25. The van der Waals surface area contributed by atoms with E-state index < -0.39 is 0 Å². The Morgan fingerprint density at radius 2 is 1.05 bits per heavy atom. The monoisotopic (exact) mass is 705 g/mol. The zero-order chi connectivity index (χ0) is 36.7. The molecule has 0 N–H and O–H groups in total. The van der Waals surface area contributed by atoms with Crippen LogP contribution in [0.1, 0.15) is 65.6 Å². The van der Waals surface area contributed by atoms with E-state index in [0.29, 0.717) is 0 Å². The van der Waals surface area contributed by atoms with Crippen LogP contribution < -0.4 is 4.90 Å². The van der Waals surface area contributed by atoms with E-state index in [2.05, 4.69) is 195 Å². The lowest BCUT2D eigenvalue weighted by molar-refractivity contribution is 0.564. The van der Waals surface area contributed by atoms with Crippen LogP contribution in [0.15, 0.2) is 176 Å². The van der Waals surface area contributed by atoms with Gasteiger partial charge in [0.25, 0.3) is 0 Å². The normalized spacial score (nSPS) is 16.2. The SMILES string of the molecule is CC1(C)c2ccccc2-c2ccc(N(c3ccc(-c4ccc5c(c4)C4(Cc6ccccc6C4)c4ccccc4-5)cc3)c3ccccc3C3=CC=CCC3)cc21.